The number of benzene rings is 1. The van der Waals surface area contributed by atoms with E-state index < -0.39 is 8.80 Å². The lowest BCUT2D eigenvalue weighted by atomic mass is 10.3. The summed E-state index contributed by atoms with van der Waals surface area (Å²) >= 11 is 5.22. The van der Waals surface area contributed by atoms with Crippen LogP contribution in [-0.2, 0) is 13.3 Å². The highest BCUT2D eigenvalue weighted by molar-refractivity contribution is 7.80. The Hall–Kier alpha value is -0.993. The predicted molar refractivity (Wildman–Crippen MR) is 86.9 cm³/mol. The van der Waals surface area contributed by atoms with E-state index in [1.54, 1.807) is 21.3 Å². The standard InChI is InChI=1S/C13H22N2O3SSi/c1-16-20(17-2,18-3)11-7-10-14-13(19)15-12-8-5-4-6-9-12/h4-6,8-9H,7,10-11H2,1-3H3,(H2,14,15,19)/q-1. The first-order chi connectivity index (χ1) is 9.65. The molecule has 0 atom stereocenters. The molecule has 0 heterocycles. The van der Waals surface area contributed by atoms with Crippen molar-refractivity contribution >= 4 is 31.8 Å². The van der Waals surface area contributed by atoms with Crippen LogP contribution in [0.4, 0.5) is 5.69 Å². The molecule has 20 heavy (non-hydrogen) atoms. The summed E-state index contributed by atoms with van der Waals surface area (Å²) in [6, 6.07) is 10.6. The second kappa shape index (κ2) is 9.04. The Morgan fingerprint density at radius 2 is 1.70 bits per heavy atom. The molecule has 0 unspecified atom stereocenters. The zero-order valence-corrected chi connectivity index (χ0v) is 14.0. The fourth-order valence-electron chi connectivity index (χ4n) is 1.76. The summed E-state index contributed by atoms with van der Waals surface area (Å²) < 4.78 is 16.1. The molecule has 1 rings (SSSR count). The number of hydrogen-bond donors (Lipinski definition) is 2. The normalized spacial score (nSPS) is 11.2. The molecular weight excluding hydrogens is 292 g/mol. The first-order valence-electron chi connectivity index (χ1n) is 6.41. The van der Waals surface area contributed by atoms with Gasteiger partial charge in [0.25, 0.3) is 8.80 Å². The number of hydrogen-bond acceptors (Lipinski definition) is 4. The zero-order chi connectivity index (χ0) is 14.8. The molecule has 0 aromatic heterocycles. The fourth-order valence-corrected chi connectivity index (χ4v) is 3.70. The molecular formula is C13H22N2O3SSi-. The summed E-state index contributed by atoms with van der Waals surface area (Å²) in [6.45, 7) is 0.740. The minimum atomic E-state index is -2.47. The number of thiocarbonyl (C=S) groups is 1. The lowest BCUT2D eigenvalue weighted by Gasteiger charge is -2.38. The highest BCUT2D eigenvalue weighted by Crippen LogP contribution is 2.14. The van der Waals surface area contributed by atoms with Gasteiger partial charge >= 0.3 is 0 Å². The van der Waals surface area contributed by atoms with Crippen LogP contribution < -0.4 is 10.6 Å². The van der Waals surface area contributed by atoms with Gasteiger partial charge in [0, 0.05) is 12.2 Å². The van der Waals surface area contributed by atoms with Crippen LogP contribution in [0.5, 0.6) is 0 Å². The molecule has 0 fully saturated rings. The van der Waals surface area contributed by atoms with Crippen LogP contribution >= 0.6 is 12.2 Å². The molecule has 0 aliphatic carbocycles. The van der Waals surface area contributed by atoms with Crippen molar-refractivity contribution in [3.8, 4) is 0 Å². The summed E-state index contributed by atoms with van der Waals surface area (Å²) in [6.07, 6.45) is 0.859. The maximum Gasteiger partial charge on any atom is 0.280 e. The van der Waals surface area contributed by atoms with E-state index in [1.165, 1.54) is 0 Å². The van der Waals surface area contributed by atoms with Crippen LogP contribution in [0.25, 0.3) is 0 Å². The minimum absolute atomic E-state index is 0.607. The molecule has 0 saturated heterocycles. The van der Waals surface area contributed by atoms with Gasteiger partial charge in [-0.1, -0.05) is 30.7 Å². The van der Waals surface area contributed by atoms with Crippen molar-refractivity contribution in [1.82, 2.24) is 5.32 Å². The zero-order valence-electron chi connectivity index (χ0n) is 12.1. The molecule has 2 N–H and O–H groups in total. The first-order valence-corrected chi connectivity index (χ1v) is 8.75. The van der Waals surface area contributed by atoms with E-state index in [4.69, 9.17) is 25.5 Å². The summed E-state index contributed by atoms with van der Waals surface area (Å²) in [7, 11) is 2.39. The van der Waals surface area contributed by atoms with Crippen molar-refractivity contribution in [2.45, 2.75) is 12.5 Å². The van der Waals surface area contributed by atoms with Crippen molar-refractivity contribution < 1.29 is 13.3 Å². The van der Waals surface area contributed by atoms with E-state index in [1.807, 2.05) is 30.3 Å². The van der Waals surface area contributed by atoms with Crippen LogP contribution in [0.2, 0.25) is 6.04 Å². The van der Waals surface area contributed by atoms with E-state index in [0.29, 0.717) is 5.11 Å². The van der Waals surface area contributed by atoms with Gasteiger partial charge in [-0.05, 0) is 45.7 Å². The number of rotatable bonds is 8. The van der Waals surface area contributed by atoms with Crippen molar-refractivity contribution in [3.05, 3.63) is 30.3 Å². The maximum absolute atomic E-state index is 5.36. The molecule has 1 aromatic rings. The molecule has 0 saturated carbocycles. The van der Waals surface area contributed by atoms with E-state index >= 15 is 0 Å². The average molecular weight is 314 g/mol. The molecule has 5 nitrogen and oxygen atoms in total. The van der Waals surface area contributed by atoms with Gasteiger partial charge in [0.2, 0.25) is 0 Å². The van der Waals surface area contributed by atoms with Crippen LogP contribution in [0, 0.1) is 0 Å². The van der Waals surface area contributed by atoms with Crippen LogP contribution in [0.1, 0.15) is 6.42 Å². The van der Waals surface area contributed by atoms with Crippen LogP contribution in [0.15, 0.2) is 30.3 Å². The van der Waals surface area contributed by atoms with Crippen molar-refractivity contribution in [1.29, 1.82) is 0 Å². The molecule has 7 heteroatoms. The van der Waals surface area contributed by atoms with E-state index in [2.05, 4.69) is 10.6 Å². The molecule has 1 aromatic carbocycles. The van der Waals surface area contributed by atoms with Gasteiger partial charge in [-0.2, -0.15) is 0 Å². The van der Waals surface area contributed by atoms with Crippen LogP contribution in [-0.4, -0.2) is 41.8 Å². The molecule has 113 valence electrons. The Bertz CT molecular complexity index is 394. The molecule has 0 aliphatic heterocycles. The summed E-state index contributed by atoms with van der Waals surface area (Å²) in [5.74, 6) is 0. The van der Waals surface area contributed by atoms with Gasteiger partial charge in [-0.15, -0.1) is 0 Å². The first kappa shape index (κ1) is 17.1. The highest BCUT2D eigenvalue weighted by Gasteiger charge is 2.20. The van der Waals surface area contributed by atoms with Crippen LogP contribution in [0.3, 0.4) is 0 Å². The van der Waals surface area contributed by atoms with Gasteiger partial charge in [-0.3, -0.25) is 0 Å². The monoisotopic (exact) mass is 314 g/mol. The Morgan fingerprint density at radius 1 is 1.10 bits per heavy atom. The van der Waals surface area contributed by atoms with Gasteiger partial charge in [0.05, 0.1) is 0 Å². The van der Waals surface area contributed by atoms with Gasteiger partial charge < -0.3 is 23.9 Å². The number of nitrogens with one attached hydrogen (secondary N) is 2. The summed E-state index contributed by atoms with van der Waals surface area (Å²) in [5.41, 5.74) is 0.972. The Kier molecular flexibility index (Phi) is 7.71. The molecule has 0 amide bonds. The Balaban J connectivity index is 2.25. The lowest BCUT2D eigenvalue weighted by Crippen LogP contribution is -2.43. The van der Waals surface area contributed by atoms with E-state index in [-0.39, 0.29) is 0 Å². The smallest absolute Gasteiger partial charge is 0.280 e. The molecule has 0 radical (unpaired) electrons. The van der Waals surface area contributed by atoms with E-state index in [9.17, 15) is 0 Å². The maximum atomic E-state index is 5.36. The third-order valence-corrected chi connectivity index (χ3v) is 5.99. The van der Waals surface area contributed by atoms with Gasteiger partial charge in [0.15, 0.2) is 5.11 Å². The van der Waals surface area contributed by atoms with Crippen molar-refractivity contribution in [2.75, 3.05) is 33.2 Å². The topological polar surface area (TPSA) is 51.8 Å². The lowest BCUT2D eigenvalue weighted by molar-refractivity contribution is 0.123. The molecule has 0 aliphatic rings. The van der Waals surface area contributed by atoms with Gasteiger partial charge in [-0.25, -0.2) is 0 Å². The fraction of sp³-hybridized carbons (Fsp3) is 0.462. The summed E-state index contributed by atoms with van der Waals surface area (Å²) in [4.78, 5) is 0. The SMILES string of the molecule is CO[Si-](CCCNC(=S)Nc1ccccc1)(OC)OC. The van der Waals surface area contributed by atoms with E-state index in [0.717, 1.165) is 24.7 Å². The largest absolute Gasteiger partial charge is 0.527 e. The summed E-state index contributed by atoms with van der Waals surface area (Å²) in [5, 5.41) is 6.88. The quantitative estimate of drug-likeness (QED) is 0.436. The van der Waals surface area contributed by atoms with Crippen molar-refractivity contribution in [2.24, 2.45) is 0 Å². The second-order valence-corrected chi connectivity index (χ2v) is 7.64. The molecule has 0 spiro atoms. The second-order valence-electron chi connectivity index (χ2n) is 4.15. The van der Waals surface area contributed by atoms with Crippen molar-refractivity contribution in [3.63, 3.8) is 0 Å². The van der Waals surface area contributed by atoms with Gasteiger partial charge in [0.1, 0.15) is 0 Å². The highest BCUT2D eigenvalue weighted by atomic mass is 32.1. The Morgan fingerprint density at radius 3 is 2.25 bits per heavy atom. The number of anilines is 1. The third-order valence-electron chi connectivity index (χ3n) is 2.91. The average Bonchev–Trinajstić information content (AvgIpc) is 2.49. The predicted octanol–water partition coefficient (Wildman–Crippen LogP) is 2.24. The Labute approximate surface area is 127 Å². The molecule has 0 bridgehead atoms. The number of para-hydroxylation sites is 1. The minimum Gasteiger partial charge on any atom is -0.527 e. The third kappa shape index (κ3) is 5.56.